The Labute approximate surface area is 130 Å². The molecule has 2 heterocycles. The third-order valence-corrected chi connectivity index (χ3v) is 4.76. The van der Waals surface area contributed by atoms with Gasteiger partial charge < -0.3 is 10.1 Å². The van der Waals surface area contributed by atoms with E-state index in [9.17, 15) is 9.90 Å². The molecule has 0 bridgehead atoms. The molecule has 1 aromatic heterocycles. The van der Waals surface area contributed by atoms with Crippen molar-refractivity contribution in [2.75, 3.05) is 13.1 Å². The van der Waals surface area contributed by atoms with Crippen LogP contribution in [0.2, 0.25) is 0 Å². The van der Waals surface area contributed by atoms with E-state index in [-0.39, 0.29) is 5.56 Å². The maximum atomic E-state index is 12.3. The highest BCUT2D eigenvalue weighted by Crippen LogP contribution is 2.25. The van der Waals surface area contributed by atoms with E-state index in [1.54, 1.807) is 0 Å². The molecular formula is C18H24N2O2. The molecule has 1 fully saturated rings. The molecule has 0 spiro atoms. The van der Waals surface area contributed by atoms with E-state index in [2.05, 4.69) is 22.9 Å². The number of β-amino-alcohol motifs (C(OH)–C–C–N with tert-alkyl or cyclic N) is 1. The largest absolute Gasteiger partial charge is 0.389 e. The first kappa shape index (κ1) is 15.3. The van der Waals surface area contributed by atoms with Gasteiger partial charge in [-0.1, -0.05) is 18.6 Å². The fraction of sp³-hybridized carbons (Fsp3) is 0.500. The molecule has 1 aliphatic rings. The number of H-pyrrole nitrogens is 1. The van der Waals surface area contributed by atoms with Gasteiger partial charge in [0.25, 0.3) is 5.56 Å². The Kier molecular flexibility index (Phi) is 4.06. The van der Waals surface area contributed by atoms with Crippen LogP contribution in [0.5, 0.6) is 0 Å². The molecule has 2 aromatic rings. The fourth-order valence-electron chi connectivity index (χ4n) is 3.36. The number of nitrogens with one attached hydrogen (secondary N) is 1. The smallest absolute Gasteiger partial charge is 0.252 e. The van der Waals surface area contributed by atoms with Crippen molar-refractivity contribution in [1.82, 2.24) is 9.88 Å². The van der Waals surface area contributed by atoms with Crippen LogP contribution in [-0.4, -0.2) is 33.7 Å². The van der Waals surface area contributed by atoms with Crippen LogP contribution >= 0.6 is 0 Å². The van der Waals surface area contributed by atoms with Crippen LogP contribution < -0.4 is 5.56 Å². The lowest BCUT2D eigenvalue weighted by molar-refractivity contribution is -0.0358. The second-order valence-corrected chi connectivity index (χ2v) is 6.61. The summed E-state index contributed by atoms with van der Waals surface area (Å²) in [7, 11) is 0. The van der Waals surface area contributed by atoms with Crippen molar-refractivity contribution in [3.63, 3.8) is 0 Å². The molecule has 0 saturated carbocycles. The van der Waals surface area contributed by atoms with E-state index in [0.29, 0.717) is 13.1 Å². The first-order valence-corrected chi connectivity index (χ1v) is 8.06. The third-order valence-electron chi connectivity index (χ3n) is 4.76. The van der Waals surface area contributed by atoms with Crippen molar-refractivity contribution >= 4 is 10.9 Å². The Hall–Kier alpha value is -1.65. The van der Waals surface area contributed by atoms with Crippen molar-refractivity contribution in [2.24, 2.45) is 0 Å². The van der Waals surface area contributed by atoms with Gasteiger partial charge in [-0.3, -0.25) is 9.69 Å². The molecule has 1 aromatic carbocycles. The number of rotatable bonds is 3. The van der Waals surface area contributed by atoms with Crippen LogP contribution in [0, 0.1) is 6.92 Å². The zero-order valence-corrected chi connectivity index (χ0v) is 13.4. The summed E-state index contributed by atoms with van der Waals surface area (Å²) < 4.78 is 0. The molecule has 4 nitrogen and oxygen atoms in total. The number of benzene rings is 1. The molecule has 1 saturated heterocycles. The number of nitrogens with zero attached hydrogens (tertiary/aromatic N) is 1. The minimum Gasteiger partial charge on any atom is -0.389 e. The number of fused-ring (bicyclic) bond motifs is 1. The third kappa shape index (κ3) is 3.08. The molecule has 118 valence electrons. The SMILES string of the molecule is CC[C@]1(O)CCCN(Cc2cc3cc(C)ccc3[nH]c2=O)C1. The van der Waals surface area contributed by atoms with Gasteiger partial charge in [-0.05, 0) is 56.3 Å². The van der Waals surface area contributed by atoms with E-state index >= 15 is 0 Å². The average Bonchev–Trinajstić information content (AvgIpc) is 2.49. The van der Waals surface area contributed by atoms with Gasteiger partial charge in [-0.2, -0.15) is 0 Å². The normalized spacial score (nSPS) is 23.0. The first-order chi connectivity index (χ1) is 10.5. The summed E-state index contributed by atoms with van der Waals surface area (Å²) in [6, 6.07) is 8.03. The number of piperidine rings is 1. The lowest BCUT2D eigenvalue weighted by Crippen LogP contribution is -2.47. The second kappa shape index (κ2) is 5.86. The summed E-state index contributed by atoms with van der Waals surface area (Å²) in [5, 5.41) is 11.5. The number of hydrogen-bond acceptors (Lipinski definition) is 3. The van der Waals surface area contributed by atoms with E-state index < -0.39 is 5.60 Å². The summed E-state index contributed by atoms with van der Waals surface area (Å²) in [6.07, 6.45) is 2.60. The number of likely N-dealkylation sites (tertiary alicyclic amines) is 1. The van der Waals surface area contributed by atoms with Gasteiger partial charge in [0.05, 0.1) is 5.60 Å². The molecular weight excluding hydrogens is 276 g/mol. The maximum Gasteiger partial charge on any atom is 0.252 e. The van der Waals surface area contributed by atoms with Crippen LogP contribution in [-0.2, 0) is 6.54 Å². The Balaban J connectivity index is 1.87. The van der Waals surface area contributed by atoms with Gasteiger partial charge in [0.15, 0.2) is 0 Å². The van der Waals surface area contributed by atoms with Crippen LogP contribution in [0.1, 0.15) is 37.3 Å². The van der Waals surface area contributed by atoms with Crippen molar-refractivity contribution < 1.29 is 5.11 Å². The topological polar surface area (TPSA) is 56.3 Å². The van der Waals surface area contributed by atoms with Gasteiger partial charge in [0, 0.05) is 24.2 Å². The Morgan fingerprint density at radius 2 is 2.18 bits per heavy atom. The number of aliphatic hydroxyl groups is 1. The molecule has 0 amide bonds. The quantitative estimate of drug-likeness (QED) is 0.916. The zero-order chi connectivity index (χ0) is 15.7. The van der Waals surface area contributed by atoms with Gasteiger partial charge in [0.1, 0.15) is 0 Å². The number of pyridine rings is 1. The summed E-state index contributed by atoms with van der Waals surface area (Å²) in [6.45, 7) is 6.26. The van der Waals surface area contributed by atoms with Crippen molar-refractivity contribution in [3.05, 3.63) is 45.7 Å². The molecule has 3 rings (SSSR count). The molecule has 1 aliphatic heterocycles. The molecule has 22 heavy (non-hydrogen) atoms. The highest BCUT2D eigenvalue weighted by molar-refractivity contribution is 5.79. The molecule has 0 aliphatic carbocycles. The minimum atomic E-state index is -0.599. The van der Waals surface area contributed by atoms with Crippen molar-refractivity contribution in [1.29, 1.82) is 0 Å². The monoisotopic (exact) mass is 300 g/mol. The van der Waals surface area contributed by atoms with Crippen LogP contribution in [0.15, 0.2) is 29.1 Å². The lowest BCUT2D eigenvalue weighted by Gasteiger charge is -2.38. The van der Waals surface area contributed by atoms with E-state index in [1.807, 2.05) is 25.1 Å². The molecule has 2 N–H and O–H groups in total. The van der Waals surface area contributed by atoms with Gasteiger partial charge >= 0.3 is 0 Å². The average molecular weight is 300 g/mol. The Bertz CT molecular complexity index is 737. The number of aryl methyl sites for hydroxylation is 1. The zero-order valence-electron chi connectivity index (χ0n) is 13.4. The number of hydrogen-bond donors (Lipinski definition) is 2. The highest BCUT2D eigenvalue weighted by atomic mass is 16.3. The summed E-state index contributed by atoms with van der Waals surface area (Å²) in [5.41, 5.74) is 2.21. The Morgan fingerprint density at radius 1 is 1.36 bits per heavy atom. The summed E-state index contributed by atoms with van der Waals surface area (Å²) >= 11 is 0. The fourth-order valence-corrected chi connectivity index (χ4v) is 3.36. The van der Waals surface area contributed by atoms with E-state index in [0.717, 1.165) is 42.3 Å². The minimum absolute atomic E-state index is 0.0260. The van der Waals surface area contributed by atoms with Crippen LogP contribution in [0.25, 0.3) is 10.9 Å². The van der Waals surface area contributed by atoms with Crippen molar-refractivity contribution in [2.45, 2.75) is 45.3 Å². The van der Waals surface area contributed by atoms with Gasteiger partial charge in [-0.25, -0.2) is 0 Å². The van der Waals surface area contributed by atoms with E-state index in [1.165, 1.54) is 5.56 Å². The molecule has 4 heteroatoms. The standard InChI is InChI=1S/C18H24N2O2/c1-3-18(22)7-4-8-20(12-18)11-15-10-14-9-13(2)5-6-16(14)19-17(15)21/h5-6,9-10,22H,3-4,7-8,11-12H2,1-2H3,(H,19,21)/t18-/m0/s1. The molecule has 0 radical (unpaired) electrons. The van der Waals surface area contributed by atoms with E-state index in [4.69, 9.17) is 0 Å². The predicted octanol–water partition coefficient (Wildman–Crippen LogP) is 2.57. The van der Waals surface area contributed by atoms with Crippen molar-refractivity contribution in [3.8, 4) is 0 Å². The lowest BCUT2D eigenvalue weighted by atomic mass is 9.90. The van der Waals surface area contributed by atoms with Crippen LogP contribution in [0.3, 0.4) is 0 Å². The summed E-state index contributed by atoms with van der Waals surface area (Å²) in [4.78, 5) is 17.4. The number of aromatic amines is 1. The Morgan fingerprint density at radius 3 is 2.95 bits per heavy atom. The maximum absolute atomic E-state index is 12.3. The number of aromatic nitrogens is 1. The first-order valence-electron chi connectivity index (χ1n) is 8.06. The predicted molar refractivity (Wildman–Crippen MR) is 89.1 cm³/mol. The highest BCUT2D eigenvalue weighted by Gasteiger charge is 2.31. The van der Waals surface area contributed by atoms with Crippen LogP contribution in [0.4, 0.5) is 0 Å². The van der Waals surface area contributed by atoms with Gasteiger partial charge in [-0.15, -0.1) is 0 Å². The summed E-state index contributed by atoms with van der Waals surface area (Å²) in [5.74, 6) is 0. The molecule has 0 unspecified atom stereocenters. The molecule has 1 atom stereocenters. The van der Waals surface area contributed by atoms with Gasteiger partial charge in [0.2, 0.25) is 0 Å². The second-order valence-electron chi connectivity index (χ2n) is 6.61.